The van der Waals surface area contributed by atoms with Crippen molar-refractivity contribution in [2.75, 3.05) is 13.1 Å². The molecule has 1 saturated carbocycles. The van der Waals surface area contributed by atoms with Crippen LogP contribution in [-0.4, -0.2) is 46.6 Å². The molecule has 1 aliphatic carbocycles. The molecule has 1 aromatic rings. The normalized spacial score (nSPS) is 21.3. The Hall–Kier alpha value is -1.82. The first-order valence-corrected chi connectivity index (χ1v) is 8.39. The van der Waals surface area contributed by atoms with E-state index < -0.39 is 5.60 Å². The van der Waals surface area contributed by atoms with Gasteiger partial charge >= 0.3 is 0 Å². The lowest BCUT2D eigenvalue weighted by Gasteiger charge is -2.32. The molecule has 0 unspecified atom stereocenters. The Balaban J connectivity index is 1.44. The molecular weight excluding hydrogens is 296 g/mol. The highest BCUT2D eigenvalue weighted by Crippen LogP contribution is 2.32. The molecule has 6 nitrogen and oxygen atoms in total. The molecule has 1 aliphatic heterocycles. The number of amides is 2. The van der Waals surface area contributed by atoms with Crippen LogP contribution in [0.25, 0.3) is 0 Å². The van der Waals surface area contributed by atoms with Gasteiger partial charge in [0.2, 0.25) is 5.91 Å². The minimum Gasteiger partial charge on any atom is -0.472 e. The molecule has 0 bridgehead atoms. The van der Waals surface area contributed by atoms with Gasteiger partial charge in [-0.3, -0.25) is 9.59 Å². The standard InChI is InChI=1S/C17H24N2O4/c20-15(11-17(22)6-1-2-7-17)18-14-3-8-19(9-4-14)16(21)13-5-10-23-12-13/h5,10,12,14,22H,1-4,6-9,11H2,(H,18,20). The predicted molar refractivity (Wildman–Crippen MR) is 83.8 cm³/mol. The third-order valence-electron chi connectivity index (χ3n) is 4.94. The van der Waals surface area contributed by atoms with Crippen LogP contribution in [0, 0.1) is 0 Å². The molecule has 6 heteroatoms. The monoisotopic (exact) mass is 320 g/mol. The van der Waals surface area contributed by atoms with Crippen LogP contribution in [-0.2, 0) is 4.79 Å². The second-order valence-corrected chi connectivity index (χ2v) is 6.75. The number of piperidine rings is 1. The maximum absolute atomic E-state index is 12.2. The van der Waals surface area contributed by atoms with Gasteiger partial charge in [-0.1, -0.05) is 12.8 Å². The van der Waals surface area contributed by atoms with Gasteiger partial charge in [0.05, 0.1) is 23.8 Å². The van der Waals surface area contributed by atoms with Gasteiger partial charge in [0.15, 0.2) is 0 Å². The summed E-state index contributed by atoms with van der Waals surface area (Å²) in [4.78, 5) is 26.1. The summed E-state index contributed by atoms with van der Waals surface area (Å²) in [5, 5.41) is 13.3. The molecule has 2 N–H and O–H groups in total. The molecule has 2 amide bonds. The van der Waals surface area contributed by atoms with Gasteiger partial charge < -0.3 is 19.7 Å². The lowest BCUT2D eigenvalue weighted by Crippen LogP contribution is -2.47. The van der Waals surface area contributed by atoms with Crippen LogP contribution < -0.4 is 5.32 Å². The quantitative estimate of drug-likeness (QED) is 0.884. The fraction of sp³-hybridized carbons (Fsp3) is 0.647. The van der Waals surface area contributed by atoms with Crippen molar-refractivity contribution < 1.29 is 19.1 Å². The average molecular weight is 320 g/mol. The first-order chi connectivity index (χ1) is 11.1. The first kappa shape index (κ1) is 16.1. The van der Waals surface area contributed by atoms with Crippen molar-refractivity contribution >= 4 is 11.8 Å². The number of rotatable bonds is 4. The summed E-state index contributed by atoms with van der Waals surface area (Å²) in [5.74, 6) is -0.0993. The number of furan rings is 1. The SMILES string of the molecule is O=C(CC1(O)CCCC1)NC1CCN(C(=O)c2ccoc2)CC1. The smallest absolute Gasteiger partial charge is 0.257 e. The second kappa shape index (κ2) is 6.74. The molecule has 3 rings (SSSR count). The molecule has 0 atom stereocenters. The topological polar surface area (TPSA) is 82.8 Å². The maximum atomic E-state index is 12.2. The van der Waals surface area contributed by atoms with Gasteiger partial charge in [-0.05, 0) is 31.7 Å². The van der Waals surface area contributed by atoms with Crippen LogP contribution >= 0.6 is 0 Å². The Morgan fingerprint density at radius 1 is 1.30 bits per heavy atom. The van der Waals surface area contributed by atoms with E-state index in [9.17, 15) is 14.7 Å². The van der Waals surface area contributed by atoms with E-state index in [0.717, 1.165) is 38.5 Å². The van der Waals surface area contributed by atoms with Crippen molar-refractivity contribution in [3.63, 3.8) is 0 Å². The van der Waals surface area contributed by atoms with Gasteiger partial charge in [0.1, 0.15) is 6.26 Å². The summed E-state index contributed by atoms with van der Waals surface area (Å²) in [5.41, 5.74) is -0.238. The molecule has 126 valence electrons. The summed E-state index contributed by atoms with van der Waals surface area (Å²) in [6.07, 6.45) is 8.07. The third kappa shape index (κ3) is 3.93. The molecular formula is C17H24N2O4. The molecule has 23 heavy (non-hydrogen) atoms. The third-order valence-corrected chi connectivity index (χ3v) is 4.94. The highest BCUT2D eigenvalue weighted by atomic mass is 16.3. The zero-order valence-corrected chi connectivity index (χ0v) is 13.3. The van der Waals surface area contributed by atoms with E-state index in [1.807, 2.05) is 0 Å². The molecule has 0 radical (unpaired) electrons. The number of hydrogen-bond donors (Lipinski definition) is 2. The summed E-state index contributed by atoms with van der Waals surface area (Å²) in [7, 11) is 0. The number of carbonyl (C=O) groups is 2. The van der Waals surface area contributed by atoms with E-state index in [4.69, 9.17) is 4.42 Å². The van der Waals surface area contributed by atoms with Crippen LogP contribution in [0.4, 0.5) is 0 Å². The van der Waals surface area contributed by atoms with Crippen molar-refractivity contribution in [2.24, 2.45) is 0 Å². The Bertz CT molecular complexity index is 541. The number of aliphatic hydroxyl groups is 1. The largest absolute Gasteiger partial charge is 0.472 e. The highest BCUT2D eigenvalue weighted by molar-refractivity contribution is 5.93. The molecule has 1 saturated heterocycles. The zero-order valence-electron chi connectivity index (χ0n) is 13.3. The average Bonchev–Trinajstić information content (AvgIpc) is 3.19. The van der Waals surface area contributed by atoms with Crippen LogP contribution in [0.2, 0.25) is 0 Å². The predicted octanol–water partition coefficient (Wildman–Crippen LogP) is 1.70. The number of nitrogens with zero attached hydrogens (tertiary/aromatic N) is 1. The fourth-order valence-electron chi connectivity index (χ4n) is 3.58. The zero-order chi connectivity index (χ0) is 16.3. The van der Waals surface area contributed by atoms with Crippen molar-refractivity contribution in [1.29, 1.82) is 0 Å². The number of carbonyl (C=O) groups excluding carboxylic acids is 2. The molecule has 2 aliphatic rings. The first-order valence-electron chi connectivity index (χ1n) is 8.39. The van der Waals surface area contributed by atoms with Crippen LogP contribution in [0.1, 0.15) is 55.3 Å². The molecule has 2 fully saturated rings. The van der Waals surface area contributed by atoms with E-state index >= 15 is 0 Å². The van der Waals surface area contributed by atoms with Crippen molar-refractivity contribution in [3.8, 4) is 0 Å². The molecule has 2 heterocycles. The van der Waals surface area contributed by atoms with E-state index in [2.05, 4.69) is 5.32 Å². The van der Waals surface area contributed by atoms with Crippen LogP contribution in [0.15, 0.2) is 23.0 Å². The van der Waals surface area contributed by atoms with Gasteiger partial charge in [0.25, 0.3) is 5.91 Å². The van der Waals surface area contributed by atoms with E-state index in [0.29, 0.717) is 18.7 Å². The van der Waals surface area contributed by atoms with E-state index in [1.54, 1.807) is 11.0 Å². The Morgan fingerprint density at radius 3 is 2.61 bits per heavy atom. The lowest BCUT2D eigenvalue weighted by molar-refractivity contribution is -0.126. The molecule has 0 aromatic carbocycles. The number of likely N-dealkylation sites (tertiary alicyclic amines) is 1. The highest BCUT2D eigenvalue weighted by Gasteiger charge is 2.34. The van der Waals surface area contributed by atoms with Gasteiger partial charge in [-0.15, -0.1) is 0 Å². The summed E-state index contributed by atoms with van der Waals surface area (Å²) >= 11 is 0. The Labute approximate surface area is 135 Å². The van der Waals surface area contributed by atoms with Crippen molar-refractivity contribution in [2.45, 2.75) is 56.6 Å². The van der Waals surface area contributed by atoms with Crippen LogP contribution in [0.3, 0.4) is 0 Å². The number of hydrogen-bond acceptors (Lipinski definition) is 4. The van der Waals surface area contributed by atoms with Crippen molar-refractivity contribution in [3.05, 3.63) is 24.2 Å². The number of nitrogens with one attached hydrogen (secondary N) is 1. The second-order valence-electron chi connectivity index (χ2n) is 6.75. The van der Waals surface area contributed by atoms with E-state index in [-0.39, 0.29) is 24.3 Å². The van der Waals surface area contributed by atoms with E-state index in [1.165, 1.54) is 12.5 Å². The Kier molecular flexibility index (Phi) is 4.71. The minimum atomic E-state index is -0.804. The molecule has 0 spiro atoms. The fourth-order valence-corrected chi connectivity index (χ4v) is 3.58. The Morgan fingerprint density at radius 2 is 2.00 bits per heavy atom. The van der Waals surface area contributed by atoms with Gasteiger partial charge in [0, 0.05) is 19.1 Å². The lowest BCUT2D eigenvalue weighted by atomic mass is 9.96. The molecule has 1 aromatic heterocycles. The van der Waals surface area contributed by atoms with Gasteiger partial charge in [-0.25, -0.2) is 0 Å². The van der Waals surface area contributed by atoms with Gasteiger partial charge in [-0.2, -0.15) is 0 Å². The maximum Gasteiger partial charge on any atom is 0.257 e. The summed E-state index contributed by atoms with van der Waals surface area (Å²) in [6.45, 7) is 1.25. The van der Waals surface area contributed by atoms with Crippen LogP contribution in [0.5, 0.6) is 0 Å². The van der Waals surface area contributed by atoms with Crippen molar-refractivity contribution in [1.82, 2.24) is 10.2 Å². The minimum absolute atomic E-state index is 0.0243. The summed E-state index contributed by atoms with van der Waals surface area (Å²) < 4.78 is 4.94. The summed E-state index contributed by atoms with van der Waals surface area (Å²) in [6, 6.07) is 1.75.